The van der Waals surface area contributed by atoms with E-state index in [0.717, 1.165) is 45.8 Å². The van der Waals surface area contributed by atoms with Gasteiger partial charge in [-0.2, -0.15) is 0 Å². The highest BCUT2D eigenvalue weighted by atomic mass is 32.1. The van der Waals surface area contributed by atoms with E-state index in [2.05, 4.69) is 15.0 Å². The molecule has 51 heavy (non-hydrogen) atoms. The predicted molar refractivity (Wildman–Crippen MR) is 192 cm³/mol. The fourth-order valence-corrected chi connectivity index (χ4v) is 6.73. The topological polar surface area (TPSA) is 174 Å². The van der Waals surface area contributed by atoms with Crippen molar-refractivity contribution >= 4 is 34.2 Å². The number of hydrogen-bond acceptors (Lipinski definition) is 12. The maximum atomic E-state index is 12.8. The molecule has 0 atom stereocenters. The zero-order valence-corrected chi connectivity index (χ0v) is 29.0. The first-order valence-corrected chi connectivity index (χ1v) is 17.5. The lowest BCUT2D eigenvalue weighted by Gasteiger charge is -2.08. The number of aromatic amines is 1. The lowest BCUT2D eigenvalue weighted by molar-refractivity contribution is 0.0910. The smallest absolute Gasteiger partial charge is 0.310 e. The van der Waals surface area contributed by atoms with Crippen molar-refractivity contribution in [1.29, 1.82) is 0 Å². The normalized spacial score (nSPS) is 11.0. The van der Waals surface area contributed by atoms with Crippen molar-refractivity contribution in [3.8, 4) is 23.3 Å². The maximum absolute atomic E-state index is 12.8. The van der Waals surface area contributed by atoms with Crippen molar-refractivity contribution in [2.24, 2.45) is 0 Å². The van der Waals surface area contributed by atoms with E-state index < -0.39 is 0 Å². The lowest BCUT2D eigenvalue weighted by Crippen LogP contribution is -2.15. The summed E-state index contributed by atoms with van der Waals surface area (Å²) in [5, 5.41) is 20.7. The monoisotopic (exact) mass is 724 g/mol. The largest absolute Gasteiger partial charge is 0.494 e. The van der Waals surface area contributed by atoms with Gasteiger partial charge in [-0.1, -0.05) is 66.0 Å². The number of rotatable bonds is 15. The fraction of sp³-hybridized carbons (Fsp3) is 0.189. The molecule has 0 bridgehead atoms. The molecule has 0 saturated heterocycles. The number of aromatic hydroxyl groups is 2. The van der Waals surface area contributed by atoms with Crippen LogP contribution in [0.1, 0.15) is 59.9 Å². The third kappa shape index (κ3) is 8.84. The number of nitrogens with zero attached hydrogens (tertiary/aromatic N) is 3. The average molecular weight is 725 g/mol. The van der Waals surface area contributed by atoms with E-state index in [9.17, 15) is 29.4 Å². The molecule has 0 aliphatic rings. The van der Waals surface area contributed by atoms with E-state index in [1.54, 1.807) is 60.8 Å². The van der Waals surface area contributed by atoms with Crippen molar-refractivity contribution < 1.29 is 29.3 Å². The minimum atomic E-state index is -0.341. The molecule has 0 unspecified atom stereocenters. The van der Waals surface area contributed by atoms with Crippen LogP contribution in [-0.4, -0.2) is 54.5 Å². The van der Waals surface area contributed by atoms with Crippen LogP contribution in [0.5, 0.6) is 23.3 Å². The summed E-state index contributed by atoms with van der Waals surface area (Å²) < 4.78 is 12.5. The molecule has 0 fully saturated rings. The fourth-order valence-electron chi connectivity index (χ4n) is 5.06. The summed E-state index contributed by atoms with van der Waals surface area (Å²) in [4.78, 5) is 60.5. The Hall–Kier alpha value is -5.86. The van der Waals surface area contributed by atoms with Gasteiger partial charge in [-0.3, -0.25) is 38.7 Å². The molecule has 0 saturated carbocycles. The van der Waals surface area contributed by atoms with E-state index in [1.807, 2.05) is 25.1 Å². The Morgan fingerprint density at radius 3 is 1.69 bits per heavy atom. The molecule has 14 heteroatoms. The molecule has 0 radical (unpaired) electrons. The molecule has 3 N–H and O–H groups in total. The van der Waals surface area contributed by atoms with E-state index in [1.165, 1.54) is 10.8 Å². The third-order valence-electron chi connectivity index (χ3n) is 7.92. The molecule has 2 aromatic carbocycles. The van der Waals surface area contributed by atoms with Gasteiger partial charge in [0.25, 0.3) is 0 Å². The molecule has 0 aliphatic carbocycles. The number of hydrogen-bond donors (Lipinski definition) is 3. The highest BCUT2D eigenvalue weighted by molar-refractivity contribution is 7.09. The molecular weight excluding hydrogens is 693 g/mol. The van der Waals surface area contributed by atoms with Gasteiger partial charge < -0.3 is 19.7 Å². The van der Waals surface area contributed by atoms with Gasteiger partial charge in [0.15, 0.2) is 13.2 Å². The van der Waals surface area contributed by atoms with Crippen LogP contribution in [0.25, 0.3) is 0 Å². The maximum Gasteiger partial charge on any atom is 0.310 e. The van der Waals surface area contributed by atoms with Crippen LogP contribution in [0.4, 0.5) is 0 Å². The first-order valence-electron chi connectivity index (χ1n) is 15.9. The Morgan fingerprint density at radius 1 is 0.706 bits per heavy atom. The Balaban J connectivity index is 0.991. The van der Waals surface area contributed by atoms with Crippen LogP contribution in [0.3, 0.4) is 0 Å². The van der Waals surface area contributed by atoms with E-state index in [-0.39, 0.29) is 58.5 Å². The van der Waals surface area contributed by atoms with Gasteiger partial charge in [0.05, 0.1) is 16.3 Å². The zero-order chi connectivity index (χ0) is 35.9. The molecule has 6 rings (SSSR count). The number of pyridine rings is 2. The molecule has 0 spiro atoms. The number of H-pyrrole nitrogens is 1. The number of carbonyl (C=O) groups is 2. The lowest BCUT2D eigenvalue weighted by atomic mass is 10.1. The molecule has 0 amide bonds. The van der Waals surface area contributed by atoms with E-state index in [4.69, 9.17) is 9.47 Å². The highest BCUT2D eigenvalue weighted by Gasteiger charge is 2.17. The molecule has 0 aliphatic heterocycles. The number of ether oxygens (including phenoxy) is 2. The van der Waals surface area contributed by atoms with Crippen LogP contribution in [0.2, 0.25) is 0 Å². The Morgan fingerprint density at radius 2 is 1.22 bits per heavy atom. The molecule has 6 aromatic rings. The number of ketones is 2. The van der Waals surface area contributed by atoms with E-state index in [0.29, 0.717) is 45.4 Å². The standard InChI is InChI=1S/C37H32N4O8S2/c1-2-22-7-13-28(38-17-22)30(42)20-48-27-11-5-24(6-12-27)16-33-35(45)41(37(47)51-33)19-25-8-14-29(39-18-25)31(43)21-49-26-9-3-23(4-10-26)15-32-34(44)40-36(46)50-32/h3-14,17-18,44-45H,2,15-16,19-21H2,1H3,(H,40,46). The van der Waals surface area contributed by atoms with Crippen molar-refractivity contribution in [2.45, 2.75) is 32.7 Å². The van der Waals surface area contributed by atoms with Crippen LogP contribution in [0, 0.1) is 0 Å². The zero-order valence-electron chi connectivity index (χ0n) is 27.3. The average Bonchev–Trinajstić information content (AvgIpc) is 3.61. The quantitative estimate of drug-likeness (QED) is 0.120. The number of Topliss-reactive ketones (excluding diaryl/α,β-unsaturated/α-hetero) is 2. The summed E-state index contributed by atoms with van der Waals surface area (Å²) in [7, 11) is 0. The molecule has 4 heterocycles. The number of carbonyl (C=O) groups excluding carboxylic acids is 2. The second-order valence-corrected chi connectivity index (χ2v) is 13.6. The number of aryl methyl sites for hydroxylation is 1. The molecule has 4 aromatic heterocycles. The predicted octanol–water partition coefficient (Wildman–Crippen LogP) is 5.18. The van der Waals surface area contributed by atoms with E-state index >= 15 is 0 Å². The Labute approximate surface area is 299 Å². The first kappa shape index (κ1) is 35.0. The second-order valence-electron chi connectivity index (χ2n) is 11.5. The molecule has 260 valence electrons. The highest BCUT2D eigenvalue weighted by Crippen LogP contribution is 2.26. The Bertz CT molecular complexity index is 2250. The SMILES string of the molecule is CCc1ccc(C(=O)COc2ccc(Cc3sc(=O)n(Cc4ccc(C(=O)COc5ccc(Cc6sc(=O)[nH]c6O)cc5)nc4)c3O)cc2)nc1. The van der Waals surface area contributed by atoms with Gasteiger partial charge in [0, 0.05) is 25.2 Å². The van der Waals surface area contributed by atoms with Crippen LogP contribution in [-0.2, 0) is 25.8 Å². The van der Waals surface area contributed by atoms with Crippen LogP contribution >= 0.6 is 22.7 Å². The first-order chi connectivity index (χ1) is 24.6. The van der Waals surface area contributed by atoms with Crippen molar-refractivity contribution in [2.75, 3.05) is 13.2 Å². The Kier molecular flexibility index (Phi) is 10.8. The van der Waals surface area contributed by atoms with Crippen molar-refractivity contribution in [3.63, 3.8) is 0 Å². The van der Waals surface area contributed by atoms with Gasteiger partial charge >= 0.3 is 9.75 Å². The molecular formula is C37H32N4O8S2. The number of nitrogens with one attached hydrogen (secondary N) is 1. The number of thiazole rings is 2. The van der Waals surface area contributed by atoms with Crippen molar-refractivity contribution in [3.05, 3.63) is 148 Å². The summed E-state index contributed by atoms with van der Waals surface area (Å²) in [5.74, 6) is 0.140. The minimum absolute atomic E-state index is 0.0692. The summed E-state index contributed by atoms with van der Waals surface area (Å²) in [5.41, 5.74) is 3.91. The number of benzene rings is 2. The van der Waals surface area contributed by atoms with Gasteiger partial charge in [-0.15, -0.1) is 0 Å². The van der Waals surface area contributed by atoms with Crippen molar-refractivity contribution in [1.82, 2.24) is 19.5 Å². The summed E-state index contributed by atoms with van der Waals surface area (Å²) in [6.45, 7) is 1.70. The molecule has 12 nitrogen and oxygen atoms in total. The van der Waals surface area contributed by atoms with Gasteiger partial charge in [-0.05, 0) is 65.1 Å². The van der Waals surface area contributed by atoms with Gasteiger partial charge in [-0.25, -0.2) is 0 Å². The van der Waals surface area contributed by atoms with Crippen LogP contribution in [0.15, 0.2) is 94.8 Å². The van der Waals surface area contributed by atoms with Gasteiger partial charge in [0.2, 0.25) is 23.3 Å². The summed E-state index contributed by atoms with van der Waals surface area (Å²) in [6, 6.07) is 20.8. The number of aromatic nitrogens is 4. The second kappa shape index (κ2) is 15.8. The summed E-state index contributed by atoms with van der Waals surface area (Å²) in [6.07, 6.45) is 4.71. The minimum Gasteiger partial charge on any atom is -0.494 e. The third-order valence-corrected chi connectivity index (χ3v) is 9.76. The van der Waals surface area contributed by atoms with Gasteiger partial charge in [0.1, 0.15) is 22.9 Å². The summed E-state index contributed by atoms with van der Waals surface area (Å²) >= 11 is 1.89. The van der Waals surface area contributed by atoms with Crippen LogP contribution < -0.4 is 19.2 Å².